The van der Waals surface area contributed by atoms with Gasteiger partial charge in [0.2, 0.25) is 0 Å². The van der Waals surface area contributed by atoms with Crippen LogP contribution in [0.25, 0.3) is 0 Å². The number of hydrogen-bond donors (Lipinski definition) is 0. The summed E-state index contributed by atoms with van der Waals surface area (Å²) in [5.74, 6) is 0. The van der Waals surface area contributed by atoms with Crippen molar-refractivity contribution in [3.8, 4) is 0 Å². The molecule has 1 aromatic rings. The summed E-state index contributed by atoms with van der Waals surface area (Å²) in [6.45, 7) is 7.80. The van der Waals surface area contributed by atoms with Gasteiger partial charge in [-0.05, 0) is 44.9 Å². The molecule has 0 heterocycles. The Bertz CT molecular complexity index is 650. The molecule has 0 aliphatic rings. The highest BCUT2D eigenvalue weighted by Gasteiger charge is 2.27. The molecule has 0 bridgehead atoms. The van der Waals surface area contributed by atoms with E-state index in [0.717, 1.165) is 11.1 Å². The Labute approximate surface area is 169 Å². The van der Waals surface area contributed by atoms with Crippen LogP contribution in [0.3, 0.4) is 0 Å². The minimum atomic E-state index is -3.58. The quantitative estimate of drug-likeness (QED) is 0.237. The van der Waals surface area contributed by atoms with Crippen molar-refractivity contribution in [2.75, 3.05) is 26.4 Å². The minimum Gasteiger partial charge on any atom is -0.287 e. The van der Waals surface area contributed by atoms with Gasteiger partial charge in [-0.2, -0.15) is 0 Å². The summed E-state index contributed by atoms with van der Waals surface area (Å²) in [6, 6.07) is 5.34. The molecule has 0 saturated heterocycles. The summed E-state index contributed by atoms with van der Waals surface area (Å²) < 4.78 is 56.4. The van der Waals surface area contributed by atoms with Crippen molar-refractivity contribution in [2.45, 2.75) is 40.9 Å². The van der Waals surface area contributed by atoms with Crippen LogP contribution in [0.2, 0.25) is 0 Å². The van der Waals surface area contributed by atoms with E-state index in [1.807, 2.05) is 0 Å². The van der Waals surface area contributed by atoms with Gasteiger partial charge in [0.05, 0.1) is 39.6 Å². The molecule has 0 atom stereocenters. The Morgan fingerprint density at radius 3 is 1.59 bits per heavy atom. The van der Waals surface area contributed by atoms with Gasteiger partial charge in [-0.25, -0.2) is 9.13 Å². The lowest BCUT2D eigenvalue weighted by Crippen LogP contribution is -2.02. The van der Waals surface area contributed by atoms with Gasteiger partial charge in [0.15, 0.2) is 0 Å². The summed E-state index contributed by atoms with van der Waals surface area (Å²) in [6.07, 6.45) is 0. The van der Waals surface area contributed by atoms with Crippen LogP contribution in [-0.2, 0) is 49.5 Å². The zero-order valence-electron chi connectivity index (χ0n) is 16.0. The fourth-order valence-electron chi connectivity index (χ4n) is 1.96. The third kappa shape index (κ3) is 8.86. The Morgan fingerprint density at radius 1 is 0.741 bits per heavy atom. The van der Waals surface area contributed by atoms with Crippen LogP contribution in [0.15, 0.2) is 22.7 Å². The van der Waals surface area contributed by atoms with Crippen molar-refractivity contribution in [3.63, 3.8) is 0 Å². The van der Waals surface area contributed by atoms with Crippen molar-refractivity contribution >= 4 is 31.6 Å². The second-order valence-corrected chi connectivity index (χ2v) is 9.23. The highest BCUT2D eigenvalue weighted by molar-refractivity contribution is 9.10. The monoisotopic (exact) mass is 490 g/mol. The molecule has 0 aliphatic heterocycles. The fourth-order valence-corrected chi connectivity index (χ4v) is 4.81. The van der Waals surface area contributed by atoms with Gasteiger partial charge >= 0.3 is 15.6 Å². The van der Waals surface area contributed by atoms with E-state index in [1.54, 1.807) is 45.9 Å². The smallest absolute Gasteiger partial charge is 0.287 e. The van der Waals surface area contributed by atoms with E-state index in [4.69, 9.17) is 27.1 Å². The molecule has 0 saturated carbocycles. The van der Waals surface area contributed by atoms with E-state index < -0.39 is 15.6 Å². The number of phosphoric acid groups is 2. The van der Waals surface area contributed by atoms with Gasteiger partial charge in [-0.15, -0.1) is 0 Å². The number of benzene rings is 1. The van der Waals surface area contributed by atoms with Crippen LogP contribution in [0.1, 0.15) is 38.8 Å². The predicted octanol–water partition coefficient (Wildman–Crippen LogP) is 5.84. The van der Waals surface area contributed by atoms with Crippen LogP contribution < -0.4 is 0 Å². The molecule has 11 heteroatoms. The van der Waals surface area contributed by atoms with E-state index in [2.05, 4.69) is 15.9 Å². The zero-order chi connectivity index (χ0) is 20.3. The van der Waals surface area contributed by atoms with E-state index >= 15 is 0 Å². The number of phosphoric ester groups is 2. The van der Waals surface area contributed by atoms with Gasteiger partial charge in [-0.1, -0.05) is 28.1 Å². The average Bonchev–Trinajstić information content (AvgIpc) is 2.60. The molecule has 8 nitrogen and oxygen atoms in total. The van der Waals surface area contributed by atoms with E-state index in [-0.39, 0.29) is 39.6 Å². The Hall–Kier alpha value is -0.0800. The minimum absolute atomic E-state index is 0.0371. The Kier molecular flexibility index (Phi) is 11.5. The molecule has 0 unspecified atom stereocenters. The number of hydrogen-bond acceptors (Lipinski definition) is 8. The molecule has 1 aromatic carbocycles. The first kappa shape index (κ1) is 25.0. The second kappa shape index (κ2) is 12.5. The maximum absolute atomic E-state index is 12.3. The lowest BCUT2D eigenvalue weighted by Gasteiger charge is -2.18. The summed E-state index contributed by atoms with van der Waals surface area (Å²) in [4.78, 5) is 0. The SMILES string of the molecule is CCOP(=O)(OCC)O[13CH2]c1ccc([13CH2]OP(=O)(OCC)OCC)c(Br)c1. The molecule has 0 spiro atoms. The third-order valence-corrected chi connectivity index (χ3v) is 6.96. The van der Waals surface area contributed by atoms with Crippen molar-refractivity contribution in [2.24, 2.45) is 0 Å². The first-order valence-corrected chi connectivity index (χ1v) is 12.4. The molecule has 0 fully saturated rings. The Balaban J connectivity index is 2.73. The standard InChI is InChI=1S/C16H27BrO8P2/c1-5-20-26(18,21-6-2)24-12-14-9-10-15(16(17)11-14)13-25-27(19,22-7-3)23-8-4/h9-11H,5-8,12-13H2,1-4H3/i12+1,13+1. The van der Waals surface area contributed by atoms with Crippen LogP contribution in [0.4, 0.5) is 0 Å². The lowest BCUT2D eigenvalue weighted by molar-refractivity contribution is 0.114. The van der Waals surface area contributed by atoms with Crippen LogP contribution >= 0.6 is 31.6 Å². The highest BCUT2D eigenvalue weighted by Crippen LogP contribution is 2.51. The third-order valence-electron chi connectivity index (χ3n) is 3.03. The number of halogens is 1. The fraction of sp³-hybridized carbons (Fsp3) is 0.625. The van der Waals surface area contributed by atoms with Gasteiger partial charge in [0.1, 0.15) is 0 Å². The molecule has 0 aliphatic carbocycles. The summed E-state index contributed by atoms with van der Waals surface area (Å²) in [5, 5.41) is 0. The molecule has 0 radical (unpaired) electrons. The van der Waals surface area contributed by atoms with Crippen molar-refractivity contribution in [1.29, 1.82) is 0 Å². The van der Waals surface area contributed by atoms with Crippen LogP contribution in [-0.4, -0.2) is 26.4 Å². The maximum atomic E-state index is 12.3. The number of rotatable bonds is 14. The van der Waals surface area contributed by atoms with Crippen LogP contribution in [0.5, 0.6) is 0 Å². The maximum Gasteiger partial charge on any atom is 0.475 e. The normalized spacial score (nSPS) is 12.5. The van der Waals surface area contributed by atoms with Gasteiger partial charge in [0, 0.05) is 4.47 Å². The molecule has 27 heavy (non-hydrogen) atoms. The summed E-state index contributed by atoms with van der Waals surface area (Å²) in [5.41, 5.74) is 1.50. The topological polar surface area (TPSA) is 89.5 Å². The van der Waals surface area contributed by atoms with Gasteiger partial charge in [-0.3, -0.25) is 27.1 Å². The van der Waals surface area contributed by atoms with E-state index in [9.17, 15) is 9.13 Å². The van der Waals surface area contributed by atoms with Crippen LogP contribution in [0, 0.1) is 0 Å². The molecular weight excluding hydrogens is 464 g/mol. The largest absolute Gasteiger partial charge is 0.475 e. The van der Waals surface area contributed by atoms with Crippen molar-refractivity contribution < 1.29 is 36.3 Å². The van der Waals surface area contributed by atoms with Gasteiger partial charge < -0.3 is 0 Å². The molecule has 0 N–H and O–H groups in total. The summed E-state index contributed by atoms with van der Waals surface area (Å²) in [7, 11) is -7.15. The molecule has 156 valence electrons. The van der Waals surface area contributed by atoms with E-state index in [1.165, 1.54) is 0 Å². The van der Waals surface area contributed by atoms with E-state index in [0.29, 0.717) is 4.47 Å². The molecule has 0 aromatic heterocycles. The first-order valence-electron chi connectivity index (χ1n) is 8.66. The zero-order valence-corrected chi connectivity index (χ0v) is 19.4. The van der Waals surface area contributed by atoms with Crippen molar-refractivity contribution in [1.82, 2.24) is 0 Å². The first-order chi connectivity index (χ1) is 12.8. The second-order valence-electron chi connectivity index (χ2n) is 5.04. The lowest BCUT2D eigenvalue weighted by atomic mass is 10.2. The van der Waals surface area contributed by atoms with Crippen molar-refractivity contribution in [3.05, 3.63) is 33.8 Å². The summed E-state index contributed by atoms with van der Waals surface area (Å²) >= 11 is 3.44. The Morgan fingerprint density at radius 2 is 1.19 bits per heavy atom. The average molecular weight is 491 g/mol. The predicted molar refractivity (Wildman–Crippen MR) is 105 cm³/mol. The molecule has 1 rings (SSSR count). The molecule has 0 amide bonds. The highest BCUT2D eigenvalue weighted by atomic mass is 79.9. The van der Waals surface area contributed by atoms with Gasteiger partial charge in [0.25, 0.3) is 0 Å². The molecular formula is C16H27BrO8P2.